The van der Waals surface area contributed by atoms with Crippen molar-refractivity contribution in [1.29, 1.82) is 0 Å². The van der Waals surface area contributed by atoms with E-state index in [9.17, 15) is 4.79 Å². The summed E-state index contributed by atoms with van der Waals surface area (Å²) in [7, 11) is 0. The molecule has 0 saturated heterocycles. The molecule has 29 heavy (non-hydrogen) atoms. The van der Waals surface area contributed by atoms with Crippen LogP contribution < -0.4 is 10.2 Å². The molecule has 0 bridgehead atoms. The summed E-state index contributed by atoms with van der Waals surface area (Å²) in [5, 5.41) is 2.92. The average Bonchev–Trinajstić information content (AvgIpc) is 2.73. The number of benzene rings is 2. The Bertz CT molecular complexity index is 1000. The monoisotopic (exact) mass is 386 g/mol. The highest BCUT2D eigenvalue weighted by atomic mass is 16.1. The van der Waals surface area contributed by atoms with E-state index in [-0.39, 0.29) is 11.3 Å². The highest BCUT2D eigenvalue weighted by Gasteiger charge is 2.20. The lowest BCUT2D eigenvalue weighted by Gasteiger charge is -2.29. The van der Waals surface area contributed by atoms with Crippen LogP contribution in [0.4, 0.5) is 17.3 Å². The second kappa shape index (κ2) is 7.66. The van der Waals surface area contributed by atoms with Crippen molar-refractivity contribution >= 4 is 23.2 Å². The number of anilines is 3. The first-order chi connectivity index (χ1) is 13.9. The molecule has 4 rings (SSSR count). The van der Waals surface area contributed by atoms with Gasteiger partial charge in [0.25, 0.3) is 5.91 Å². The van der Waals surface area contributed by atoms with Gasteiger partial charge < -0.3 is 10.2 Å². The van der Waals surface area contributed by atoms with Gasteiger partial charge in [0.2, 0.25) is 5.95 Å². The minimum absolute atomic E-state index is 0.0826. The minimum atomic E-state index is -0.209. The smallest absolute Gasteiger partial charge is 0.258 e. The van der Waals surface area contributed by atoms with Gasteiger partial charge in [-0.3, -0.25) is 4.79 Å². The Labute approximate surface area is 171 Å². The fourth-order valence-corrected chi connectivity index (χ4v) is 3.58. The van der Waals surface area contributed by atoms with Crippen LogP contribution in [0.2, 0.25) is 0 Å². The van der Waals surface area contributed by atoms with Crippen LogP contribution in [0, 0.1) is 0 Å². The lowest BCUT2D eigenvalue weighted by molar-refractivity contribution is 0.102. The van der Waals surface area contributed by atoms with Crippen LogP contribution in [0.5, 0.6) is 0 Å². The third-order valence-corrected chi connectivity index (χ3v) is 5.26. The first kappa shape index (κ1) is 19.1. The van der Waals surface area contributed by atoms with Crippen molar-refractivity contribution < 1.29 is 4.79 Å². The number of carbonyl (C=O) groups excluding carboxylic acids is 1. The predicted molar refractivity (Wildman–Crippen MR) is 117 cm³/mol. The SMILES string of the molecule is CC(C)(C)c1ccc(NC(=O)c2cnc(N3CCCc4ccccc43)nc2)cc1. The predicted octanol–water partition coefficient (Wildman–Crippen LogP) is 5.11. The van der Waals surface area contributed by atoms with Gasteiger partial charge in [0.1, 0.15) is 0 Å². The van der Waals surface area contributed by atoms with Crippen molar-refractivity contribution in [2.75, 3.05) is 16.8 Å². The molecule has 0 atom stereocenters. The Morgan fingerprint density at radius 2 is 1.69 bits per heavy atom. The second-order valence-corrected chi connectivity index (χ2v) is 8.44. The molecule has 3 aromatic rings. The summed E-state index contributed by atoms with van der Waals surface area (Å²) >= 11 is 0. The van der Waals surface area contributed by atoms with E-state index in [1.807, 2.05) is 30.3 Å². The molecule has 0 fully saturated rings. The number of nitrogens with zero attached hydrogens (tertiary/aromatic N) is 3. The summed E-state index contributed by atoms with van der Waals surface area (Å²) in [6, 6.07) is 16.3. The van der Waals surface area contributed by atoms with E-state index in [1.165, 1.54) is 11.1 Å². The summed E-state index contributed by atoms with van der Waals surface area (Å²) in [6.45, 7) is 7.38. The number of para-hydroxylation sites is 1. The molecule has 1 aliphatic rings. The van der Waals surface area contributed by atoms with Gasteiger partial charge >= 0.3 is 0 Å². The summed E-state index contributed by atoms with van der Waals surface area (Å²) in [5.41, 5.74) is 4.97. The Morgan fingerprint density at radius 1 is 1.00 bits per heavy atom. The third-order valence-electron chi connectivity index (χ3n) is 5.26. The van der Waals surface area contributed by atoms with Crippen molar-refractivity contribution in [1.82, 2.24) is 9.97 Å². The molecular formula is C24H26N4O. The lowest BCUT2D eigenvalue weighted by Crippen LogP contribution is -2.26. The minimum Gasteiger partial charge on any atom is -0.322 e. The van der Waals surface area contributed by atoms with Crippen LogP contribution in [-0.2, 0) is 11.8 Å². The molecule has 0 saturated carbocycles. The maximum atomic E-state index is 12.6. The average molecular weight is 386 g/mol. The van der Waals surface area contributed by atoms with Gasteiger partial charge in [0.05, 0.1) is 5.56 Å². The van der Waals surface area contributed by atoms with Crippen LogP contribution in [-0.4, -0.2) is 22.4 Å². The largest absolute Gasteiger partial charge is 0.322 e. The van der Waals surface area contributed by atoms with Gasteiger partial charge in [-0.15, -0.1) is 0 Å². The van der Waals surface area contributed by atoms with E-state index in [0.29, 0.717) is 11.5 Å². The summed E-state index contributed by atoms with van der Waals surface area (Å²) in [5.74, 6) is 0.419. The van der Waals surface area contributed by atoms with Crippen LogP contribution in [0.1, 0.15) is 48.7 Å². The standard InChI is InChI=1S/C24H26N4O/c1-24(2,3)19-10-12-20(13-11-19)27-22(29)18-15-25-23(26-16-18)28-14-6-8-17-7-4-5-9-21(17)28/h4-5,7,9-13,15-16H,6,8,14H2,1-3H3,(H,27,29). The molecular weight excluding hydrogens is 360 g/mol. The number of aromatic nitrogens is 2. The molecule has 0 radical (unpaired) electrons. The Kier molecular flexibility index (Phi) is 5.05. The van der Waals surface area contributed by atoms with E-state index in [0.717, 1.165) is 30.8 Å². The molecule has 148 valence electrons. The maximum Gasteiger partial charge on any atom is 0.258 e. The number of hydrogen-bond acceptors (Lipinski definition) is 4. The summed E-state index contributed by atoms with van der Waals surface area (Å²) < 4.78 is 0. The molecule has 5 heteroatoms. The Balaban J connectivity index is 1.48. The van der Waals surface area contributed by atoms with E-state index < -0.39 is 0 Å². The van der Waals surface area contributed by atoms with Crippen LogP contribution in [0.3, 0.4) is 0 Å². The molecule has 5 nitrogen and oxygen atoms in total. The summed E-state index contributed by atoms with van der Waals surface area (Å²) in [4.78, 5) is 23.6. The molecule has 0 spiro atoms. The normalized spacial score (nSPS) is 13.7. The number of aryl methyl sites for hydroxylation is 1. The lowest BCUT2D eigenvalue weighted by atomic mass is 9.87. The van der Waals surface area contributed by atoms with E-state index in [1.54, 1.807) is 12.4 Å². The fourth-order valence-electron chi connectivity index (χ4n) is 3.58. The molecule has 1 aromatic heterocycles. The highest BCUT2D eigenvalue weighted by Crippen LogP contribution is 2.31. The topological polar surface area (TPSA) is 58.1 Å². The van der Waals surface area contributed by atoms with E-state index in [2.05, 4.69) is 59.2 Å². The molecule has 1 N–H and O–H groups in total. The van der Waals surface area contributed by atoms with Crippen LogP contribution in [0.15, 0.2) is 60.9 Å². The Morgan fingerprint density at radius 3 is 2.38 bits per heavy atom. The number of amides is 1. The molecule has 0 unspecified atom stereocenters. The Hall–Kier alpha value is -3.21. The van der Waals surface area contributed by atoms with Crippen molar-refractivity contribution in [2.24, 2.45) is 0 Å². The number of nitrogens with one attached hydrogen (secondary N) is 1. The fraction of sp³-hybridized carbons (Fsp3) is 0.292. The van der Waals surface area contributed by atoms with Crippen molar-refractivity contribution in [3.63, 3.8) is 0 Å². The number of carbonyl (C=O) groups is 1. The van der Waals surface area contributed by atoms with Crippen molar-refractivity contribution in [2.45, 2.75) is 39.0 Å². The third kappa shape index (κ3) is 4.14. The highest BCUT2D eigenvalue weighted by molar-refractivity contribution is 6.03. The quantitative estimate of drug-likeness (QED) is 0.679. The molecule has 1 aliphatic heterocycles. The van der Waals surface area contributed by atoms with Crippen molar-refractivity contribution in [3.8, 4) is 0 Å². The molecule has 2 aromatic carbocycles. The maximum absolute atomic E-state index is 12.6. The summed E-state index contributed by atoms with van der Waals surface area (Å²) in [6.07, 6.45) is 5.32. The van der Waals surface area contributed by atoms with Gasteiger partial charge in [-0.25, -0.2) is 9.97 Å². The first-order valence-electron chi connectivity index (χ1n) is 10.0. The van der Waals surface area contributed by atoms with Crippen LogP contribution in [0.25, 0.3) is 0 Å². The first-order valence-corrected chi connectivity index (χ1v) is 10.0. The van der Waals surface area contributed by atoms with Gasteiger partial charge in [-0.05, 0) is 47.6 Å². The van der Waals surface area contributed by atoms with Gasteiger partial charge in [-0.1, -0.05) is 51.1 Å². The van der Waals surface area contributed by atoms with Crippen molar-refractivity contribution in [3.05, 3.63) is 77.6 Å². The molecule has 2 heterocycles. The van der Waals surface area contributed by atoms with E-state index >= 15 is 0 Å². The zero-order valence-corrected chi connectivity index (χ0v) is 17.1. The molecule has 0 aliphatic carbocycles. The zero-order chi connectivity index (χ0) is 20.4. The number of fused-ring (bicyclic) bond motifs is 1. The number of hydrogen-bond donors (Lipinski definition) is 1. The van der Waals surface area contributed by atoms with Crippen LogP contribution >= 0.6 is 0 Å². The van der Waals surface area contributed by atoms with Gasteiger partial charge in [-0.2, -0.15) is 0 Å². The zero-order valence-electron chi connectivity index (χ0n) is 17.1. The second-order valence-electron chi connectivity index (χ2n) is 8.44. The van der Waals surface area contributed by atoms with Gasteiger partial charge in [0, 0.05) is 30.3 Å². The van der Waals surface area contributed by atoms with Gasteiger partial charge in [0.15, 0.2) is 0 Å². The molecule has 1 amide bonds. The van der Waals surface area contributed by atoms with E-state index in [4.69, 9.17) is 0 Å². The number of rotatable bonds is 3.